The Labute approximate surface area is 134 Å². The molecule has 1 aliphatic rings. The van der Waals surface area contributed by atoms with Crippen LogP contribution in [-0.4, -0.2) is 26.9 Å². The molecule has 118 valence electrons. The van der Waals surface area contributed by atoms with E-state index in [2.05, 4.69) is 9.97 Å². The highest BCUT2D eigenvalue weighted by Crippen LogP contribution is 2.33. The molecule has 0 unspecified atom stereocenters. The highest BCUT2D eigenvalue weighted by Gasteiger charge is 2.22. The smallest absolute Gasteiger partial charge is 0.258 e. The van der Waals surface area contributed by atoms with Crippen molar-refractivity contribution in [1.82, 2.24) is 9.97 Å². The Balaban J connectivity index is 1.74. The molecule has 1 heterocycles. The molecule has 2 N–H and O–H groups in total. The molecule has 0 spiro atoms. The van der Waals surface area contributed by atoms with Gasteiger partial charge in [0.2, 0.25) is 0 Å². The van der Waals surface area contributed by atoms with Gasteiger partial charge in [-0.05, 0) is 43.7 Å². The summed E-state index contributed by atoms with van der Waals surface area (Å²) < 4.78 is 0. The summed E-state index contributed by atoms with van der Waals surface area (Å²) in [6, 6.07) is 5.69. The Bertz CT molecular complexity index is 713. The van der Waals surface area contributed by atoms with Gasteiger partial charge in [-0.2, -0.15) is 11.8 Å². The molecule has 0 saturated heterocycles. The first-order chi connectivity index (χ1) is 10.7. The van der Waals surface area contributed by atoms with E-state index in [1.54, 1.807) is 0 Å². The van der Waals surface area contributed by atoms with Gasteiger partial charge in [-0.1, -0.05) is 18.6 Å². The predicted octanol–water partition coefficient (Wildman–Crippen LogP) is 3.02. The lowest BCUT2D eigenvalue weighted by Crippen LogP contribution is -2.20. The summed E-state index contributed by atoms with van der Waals surface area (Å²) in [5.74, 6) is 1.92. The van der Waals surface area contributed by atoms with E-state index in [-0.39, 0.29) is 5.56 Å². The van der Waals surface area contributed by atoms with E-state index in [9.17, 15) is 9.90 Å². The Morgan fingerprint density at radius 3 is 3.09 bits per heavy atom. The van der Waals surface area contributed by atoms with Crippen molar-refractivity contribution in [1.29, 1.82) is 0 Å². The number of para-hydroxylation sites is 1. The SMILES string of the molecule is Cc1cccc2c(=O)[nH]c(CS[C@H]3CCC[C@@H](CO)C3)nc12. The van der Waals surface area contributed by atoms with Crippen LogP contribution in [0.5, 0.6) is 0 Å². The van der Waals surface area contributed by atoms with Crippen molar-refractivity contribution >= 4 is 22.7 Å². The number of aliphatic hydroxyl groups excluding tert-OH is 1. The van der Waals surface area contributed by atoms with Gasteiger partial charge in [0.05, 0.1) is 16.7 Å². The average Bonchev–Trinajstić information content (AvgIpc) is 2.54. The molecule has 1 saturated carbocycles. The zero-order valence-corrected chi connectivity index (χ0v) is 13.7. The fourth-order valence-electron chi connectivity index (χ4n) is 3.18. The van der Waals surface area contributed by atoms with E-state index >= 15 is 0 Å². The molecule has 1 fully saturated rings. The monoisotopic (exact) mass is 318 g/mol. The third-order valence-corrected chi connectivity index (χ3v) is 5.78. The first-order valence-corrected chi connectivity index (χ1v) is 8.93. The van der Waals surface area contributed by atoms with E-state index in [4.69, 9.17) is 0 Å². The molecule has 0 bridgehead atoms. The fourth-order valence-corrected chi connectivity index (χ4v) is 4.45. The molecule has 0 amide bonds. The van der Waals surface area contributed by atoms with Crippen LogP contribution in [0.15, 0.2) is 23.0 Å². The maximum Gasteiger partial charge on any atom is 0.258 e. The summed E-state index contributed by atoms with van der Waals surface area (Å²) >= 11 is 1.85. The van der Waals surface area contributed by atoms with E-state index < -0.39 is 0 Å². The van der Waals surface area contributed by atoms with Crippen molar-refractivity contribution in [2.24, 2.45) is 5.92 Å². The average molecular weight is 318 g/mol. The summed E-state index contributed by atoms with van der Waals surface area (Å²) in [4.78, 5) is 19.7. The van der Waals surface area contributed by atoms with Gasteiger partial charge >= 0.3 is 0 Å². The lowest BCUT2D eigenvalue weighted by atomic mass is 9.90. The minimum Gasteiger partial charge on any atom is -0.396 e. The number of fused-ring (bicyclic) bond motifs is 1. The molecule has 2 atom stereocenters. The van der Waals surface area contributed by atoms with Crippen LogP contribution >= 0.6 is 11.8 Å². The van der Waals surface area contributed by atoms with Crippen LogP contribution in [0.2, 0.25) is 0 Å². The third-order valence-electron chi connectivity index (χ3n) is 4.44. The second-order valence-corrected chi connectivity index (χ2v) is 7.42. The molecule has 1 aliphatic carbocycles. The van der Waals surface area contributed by atoms with Crippen LogP contribution in [0.4, 0.5) is 0 Å². The molecular weight excluding hydrogens is 296 g/mol. The number of thioether (sulfide) groups is 1. The predicted molar refractivity (Wildman–Crippen MR) is 91.2 cm³/mol. The molecule has 1 aromatic carbocycles. The van der Waals surface area contributed by atoms with Gasteiger partial charge in [0.15, 0.2) is 0 Å². The molecule has 4 nitrogen and oxygen atoms in total. The highest BCUT2D eigenvalue weighted by molar-refractivity contribution is 7.99. The van der Waals surface area contributed by atoms with Gasteiger partial charge in [-0.15, -0.1) is 0 Å². The normalized spacial score (nSPS) is 22.1. The van der Waals surface area contributed by atoms with Crippen molar-refractivity contribution in [3.8, 4) is 0 Å². The summed E-state index contributed by atoms with van der Waals surface area (Å²) in [6.45, 7) is 2.28. The van der Waals surface area contributed by atoms with Crippen molar-refractivity contribution in [2.75, 3.05) is 6.61 Å². The molecule has 0 aliphatic heterocycles. The maximum absolute atomic E-state index is 12.2. The molecule has 22 heavy (non-hydrogen) atoms. The molecule has 2 aromatic rings. The van der Waals surface area contributed by atoms with Gasteiger partial charge in [0, 0.05) is 11.9 Å². The largest absolute Gasteiger partial charge is 0.396 e. The van der Waals surface area contributed by atoms with Crippen LogP contribution in [0.1, 0.15) is 37.1 Å². The van der Waals surface area contributed by atoms with E-state index in [0.29, 0.717) is 23.2 Å². The zero-order chi connectivity index (χ0) is 15.5. The first kappa shape index (κ1) is 15.6. The van der Waals surface area contributed by atoms with E-state index in [1.165, 1.54) is 12.8 Å². The van der Waals surface area contributed by atoms with Gasteiger partial charge < -0.3 is 10.1 Å². The number of nitrogens with one attached hydrogen (secondary N) is 1. The number of H-pyrrole nitrogens is 1. The Morgan fingerprint density at radius 1 is 1.41 bits per heavy atom. The minimum atomic E-state index is -0.0545. The lowest BCUT2D eigenvalue weighted by molar-refractivity contribution is 0.192. The van der Waals surface area contributed by atoms with E-state index in [1.807, 2.05) is 36.9 Å². The summed E-state index contributed by atoms with van der Waals surface area (Å²) in [7, 11) is 0. The number of aromatic nitrogens is 2. The number of rotatable bonds is 4. The topological polar surface area (TPSA) is 66.0 Å². The fraction of sp³-hybridized carbons (Fsp3) is 0.529. The zero-order valence-electron chi connectivity index (χ0n) is 12.8. The number of nitrogens with zero attached hydrogens (tertiary/aromatic N) is 1. The first-order valence-electron chi connectivity index (χ1n) is 7.88. The van der Waals surface area contributed by atoms with Crippen LogP contribution < -0.4 is 5.56 Å². The van der Waals surface area contributed by atoms with Crippen molar-refractivity contribution in [3.63, 3.8) is 0 Å². The Hall–Kier alpha value is -1.33. The standard InChI is InChI=1S/C17H22N2O2S/c1-11-4-2-7-14-16(11)18-15(19-17(14)21)10-22-13-6-3-5-12(8-13)9-20/h2,4,7,12-13,20H,3,5-6,8-10H2,1H3,(H,18,19,21)/t12-,13+/m1/s1. The molecule has 5 heteroatoms. The Morgan fingerprint density at radius 2 is 2.27 bits per heavy atom. The molecule has 3 rings (SSSR count). The van der Waals surface area contributed by atoms with Gasteiger partial charge in [-0.3, -0.25) is 4.79 Å². The van der Waals surface area contributed by atoms with Crippen molar-refractivity contribution in [3.05, 3.63) is 39.9 Å². The maximum atomic E-state index is 12.2. The Kier molecular flexibility index (Phi) is 4.84. The summed E-state index contributed by atoms with van der Waals surface area (Å²) in [6.07, 6.45) is 4.58. The van der Waals surface area contributed by atoms with Gasteiger partial charge in [0.25, 0.3) is 5.56 Å². The number of hydrogen-bond acceptors (Lipinski definition) is 4. The second kappa shape index (κ2) is 6.84. The molecular formula is C17H22N2O2S. The summed E-state index contributed by atoms with van der Waals surface area (Å²) in [5.41, 5.74) is 1.78. The number of aromatic amines is 1. The number of hydrogen-bond donors (Lipinski definition) is 2. The van der Waals surface area contributed by atoms with Crippen molar-refractivity contribution < 1.29 is 5.11 Å². The third kappa shape index (κ3) is 3.36. The van der Waals surface area contributed by atoms with Crippen LogP contribution in [0, 0.1) is 12.8 Å². The number of benzene rings is 1. The second-order valence-electron chi connectivity index (χ2n) is 6.13. The number of aryl methyl sites for hydroxylation is 1. The quantitative estimate of drug-likeness (QED) is 0.909. The van der Waals surface area contributed by atoms with Gasteiger partial charge in [-0.25, -0.2) is 4.98 Å². The van der Waals surface area contributed by atoms with Crippen LogP contribution in [0.25, 0.3) is 10.9 Å². The molecule has 0 radical (unpaired) electrons. The van der Waals surface area contributed by atoms with E-state index in [0.717, 1.165) is 35.5 Å². The highest BCUT2D eigenvalue weighted by atomic mass is 32.2. The minimum absolute atomic E-state index is 0.0545. The number of aliphatic hydroxyl groups is 1. The molecule has 1 aromatic heterocycles. The summed E-state index contributed by atoms with van der Waals surface area (Å²) in [5, 5.41) is 10.5. The lowest BCUT2D eigenvalue weighted by Gasteiger charge is -2.27. The van der Waals surface area contributed by atoms with Crippen molar-refractivity contribution in [2.45, 2.75) is 43.6 Å². The van der Waals surface area contributed by atoms with Gasteiger partial charge in [0.1, 0.15) is 5.82 Å². The van der Waals surface area contributed by atoms with Crippen LogP contribution in [-0.2, 0) is 5.75 Å². The van der Waals surface area contributed by atoms with Crippen LogP contribution in [0.3, 0.4) is 0 Å².